The Labute approximate surface area is 131 Å². The normalized spacial score (nSPS) is 19.1. The van der Waals surface area contributed by atoms with Gasteiger partial charge in [-0.05, 0) is 36.6 Å². The van der Waals surface area contributed by atoms with Crippen molar-refractivity contribution in [1.82, 2.24) is 5.32 Å². The molecule has 0 spiro atoms. The summed E-state index contributed by atoms with van der Waals surface area (Å²) in [5.41, 5.74) is -0.438. The average Bonchev–Trinajstić information content (AvgIpc) is 3.13. The molecule has 1 aliphatic heterocycles. The van der Waals surface area contributed by atoms with Gasteiger partial charge < -0.3 is 15.2 Å². The molecule has 0 bridgehead atoms. The Morgan fingerprint density at radius 1 is 1.55 bits per heavy atom. The third-order valence-corrected chi connectivity index (χ3v) is 4.77. The third kappa shape index (κ3) is 2.98. The smallest absolute Gasteiger partial charge is 0.261 e. The zero-order valence-corrected chi connectivity index (χ0v) is 12.8. The van der Waals surface area contributed by atoms with E-state index < -0.39 is 11.7 Å². The zero-order valence-electron chi connectivity index (χ0n) is 12.0. The molecule has 6 heteroatoms. The minimum atomic E-state index is -1.12. The molecule has 1 amide bonds. The number of ether oxygens (including phenoxy) is 1. The Hall–Kier alpha value is -1.92. The Morgan fingerprint density at radius 2 is 2.36 bits per heavy atom. The number of carbonyl (C=O) groups is 1. The molecule has 0 saturated carbocycles. The lowest BCUT2D eigenvalue weighted by Gasteiger charge is -2.23. The molecule has 0 saturated heterocycles. The molecule has 0 aliphatic carbocycles. The largest absolute Gasteiger partial charge is 0.480 e. The van der Waals surface area contributed by atoms with Crippen LogP contribution in [-0.4, -0.2) is 23.7 Å². The SMILES string of the molecule is C[C@](O)(CNC(=O)[C@H]1Cc2cc(F)ccc2O1)c1cccs1. The first kappa shape index (κ1) is 15.0. The summed E-state index contributed by atoms with van der Waals surface area (Å²) in [4.78, 5) is 13.0. The van der Waals surface area contributed by atoms with Crippen molar-refractivity contribution in [2.75, 3.05) is 6.54 Å². The maximum atomic E-state index is 13.2. The molecule has 1 aromatic heterocycles. The van der Waals surface area contributed by atoms with Crippen LogP contribution in [0.4, 0.5) is 4.39 Å². The standard InChI is InChI=1S/C16H16FNO3S/c1-16(20,14-3-2-6-22-14)9-18-15(19)13-8-10-7-11(17)4-5-12(10)21-13/h2-7,13,20H,8-9H2,1H3,(H,18,19)/t13-,16+/m1/s1. The van der Waals surface area contributed by atoms with Crippen LogP contribution < -0.4 is 10.1 Å². The number of hydrogen-bond acceptors (Lipinski definition) is 4. The van der Waals surface area contributed by atoms with Gasteiger partial charge in [0.2, 0.25) is 0 Å². The number of amides is 1. The summed E-state index contributed by atoms with van der Waals surface area (Å²) >= 11 is 1.43. The van der Waals surface area contributed by atoms with Gasteiger partial charge >= 0.3 is 0 Å². The van der Waals surface area contributed by atoms with Gasteiger partial charge in [-0.15, -0.1) is 11.3 Å². The molecule has 2 heterocycles. The van der Waals surface area contributed by atoms with E-state index in [4.69, 9.17) is 4.74 Å². The summed E-state index contributed by atoms with van der Waals surface area (Å²) in [6.45, 7) is 1.75. The molecule has 0 fully saturated rings. The second-order valence-electron chi connectivity index (χ2n) is 5.53. The first-order valence-corrected chi connectivity index (χ1v) is 7.83. The van der Waals surface area contributed by atoms with E-state index in [0.29, 0.717) is 17.7 Å². The van der Waals surface area contributed by atoms with Crippen molar-refractivity contribution in [3.05, 3.63) is 52.0 Å². The fourth-order valence-corrected chi connectivity index (χ4v) is 3.20. The summed E-state index contributed by atoms with van der Waals surface area (Å²) in [5.74, 6) is -0.121. The van der Waals surface area contributed by atoms with Crippen LogP contribution in [0.2, 0.25) is 0 Å². The van der Waals surface area contributed by atoms with Gasteiger partial charge in [0.15, 0.2) is 6.10 Å². The van der Waals surface area contributed by atoms with E-state index in [1.165, 1.54) is 29.5 Å². The second-order valence-corrected chi connectivity index (χ2v) is 6.48. The molecule has 4 nitrogen and oxygen atoms in total. The summed E-state index contributed by atoms with van der Waals surface area (Å²) in [5, 5.41) is 15.0. The van der Waals surface area contributed by atoms with Gasteiger partial charge in [-0.3, -0.25) is 4.79 Å². The molecule has 2 atom stereocenters. The predicted molar refractivity (Wildman–Crippen MR) is 81.4 cm³/mol. The number of benzene rings is 1. The lowest BCUT2D eigenvalue weighted by Crippen LogP contribution is -2.44. The molecule has 1 aliphatic rings. The lowest BCUT2D eigenvalue weighted by molar-refractivity contribution is -0.128. The predicted octanol–water partition coefficient (Wildman–Crippen LogP) is 2.21. The summed E-state index contributed by atoms with van der Waals surface area (Å²) in [7, 11) is 0. The highest BCUT2D eigenvalue weighted by molar-refractivity contribution is 7.10. The van der Waals surface area contributed by atoms with Crippen molar-refractivity contribution >= 4 is 17.2 Å². The molecule has 116 valence electrons. The maximum Gasteiger partial charge on any atom is 0.261 e. The van der Waals surface area contributed by atoms with Gasteiger partial charge in [-0.2, -0.15) is 0 Å². The van der Waals surface area contributed by atoms with Crippen LogP contribution in [0.1, 0.15) is 17.4 Å². The first-order chi connectivity index (χ1) is 10.5. The molecule has 0 unspecified atom stereocenters. The van der Waals surface area contributed by atoms with Crippen molar-refractivity contribution in [3.63, 3.8) is 0 Å². The van der Waals surface area contributed by atoms with E-state index in [-0.39, 0.29) is 18.3 Å². The van der Waals surface area contributed by atoms with Gasteiger partial charge in [0, 0.05) is 16.9 Å². The number of fused-ring (bicyclic) bond motifs is 1. The van der Waals surface area contributed by atoms with Gasteiger partial charge in [0.1, 0.15) is 17.2 Å². The zero-order chi connectivity index (χ0) is 15.7. The Balaban J connectivity index is 1.60. The molecule has 3 rings (SSSR count). The molecule has 2 N–H and O–H groups in total. The van der Waals surface area contributed by atoms with Gasteiger partial charge in [0.05, 0.1) is 6.54 Å². The van der Waals surface area contributed by atoms with Crippen LogP contribution in [0.5, 0.6) is 5.75 Å². The highest BCUT2D eigenvalue weighted by atomic mass is 32.1. The maximum absolute atomic E-state index is 13.2. The van der Waals surface area contributed by atoms with Crippen LogP contribution in [0, 0.1) is 5.82 Å². The van der Waals surface area contributed by atoms with Gasteiger partial charge in [-0.1, -0.05) is 6.07 Å². The summed E-state index contributed by atoms with van der Waals surface area (Å²) < 4.78 is 18.7. The number of halogens is 1. The van der Waals surface area contributed by atoms with Crippen molar-refractivity contribution in [3.8, 4) is 5.75 Å². The molecule has 0 radical (unpaired) electrons. The Morgan fingerprint density at radius 3 is 3.09 bits per heavy atom. The van der Waals surface area contributed by atoms with E-state index in [2.05, 4.69) is 5.32 Å². The van der Waals surface area contributed by atoms with Gasteiger partial charge in [0.25, 0.3) is 5.91 Å². The van der Waals surface area contributed by atoms with Crippen molar-refractivity contribution in [1.29, 1.82) is 0 Å². The van der Waals surface area contributed by atoms with Crippen LogP contribution in [0.15, 0.2) is 35.7 Å². The van der Waals surface area contributed by atoms with Crippen LogP contribution >= 0.6 is 11.3 Å². The number of rotatable bonds is 4. The number of thiophene rings is 1. The molecule has 2 aromatic rings. The first-order valence-electron chi connectivity index (χ1n) is 6.95. The highest BCUT2D eigenvalue weighted by Gasteiger charge is 2.31. The minimum absolute atomic E-state index is 0.0942. The van der Waals surface area contributed by atoms with Crippen LogP contribution in [-0.2, 0) is 16.8 Å². The van der Waals surface area contributed by atoms with Crippen molar-refractivity contribution in [2.24, 2.45) is 0 Å². The summed E-state index contributed by atoms with van der Waals surface area (Å²) in [6, 6.07) is 7.88. The monoisotopic (exact) mass is 321 g/mol. The quantitative estimate of drug-likeness (QED) is 0.908. The van der Waals surface area contributed by atoms with E-state index in [0.717, 1.165) is 4.88 Å². The second kappa shape index (κ2) is 5.70. The highest BCUT2D eigenvalue weighted by Crippen LogP contribution is 2.29. The lowest BCUT2D eigenvalue weighted by atomic mass is 10.0. The fraction of sp³-hybridized carbons (Fsp3) is 0.312. The van der Waals surface area contributed by atoms with Crippen LogP contribution in [0.25, 0.3) is 0 Å². The van der Waals surface area contributed by atoms with E-state index in [1.54, 1.807) is 6.92 Å². The topological polar surface area (TPSA) is 58.6 Å². The number of nitrogens with one attached hydrogen (secondary N) is 1. The molecular weight excluding hydrogens is 305 g/mol. The molecule has 1 aromatic carbocycles. The Bertz CT molecular complexity index is 685. The summed E-state index contributed by atoms with van der Waals surface area (Å²) in [6.07, 6.45) is -0.351. The van der Waals surface area contributed by atoms with Crippen LogP contribution in [0.3, 0.4) is 0 Å². The van der Waals surface area contributed by atoms with Gasteiger partial charge in [-0.25, -0.2) is 4.39 Å². The minimum Gasteiger partial charge on any atom is -0.480 e. The van der Waals surface area contributed by atoms with Crippen molar-refractivity contribution in [2.45, 2.75) is 25.0 Å². The average molecular weight is 321 g/mol. The third-order valence-electron chi connectivity index (χ3n) is 3.65. The number of aliphatic hydroxyl groups is 1. The Kier molecular flexibility index (Phi) is 3.88. The van der Waals surface area contributed by atoms with E-state index >= 15 is 0 Å². The molecule has 22 heavy (non-hydrogen) atoms. The van der Waals surface area contributed by atoms with E-state index in [1.807, 2.05) is 17.5 Å². The fourth-order valence-electron chi connectivity index (χ4n) is 2.41. The molecular formula is C16H16FNO3S. The number of carbonyl (C=O) groups excluding carboxylic acids is 1. The van der Waals surface area contributed by atoms with E-state index in [9.17, 15) is 14.3 Å². The van der Waals surface area contributed by atoms with Crippen molar-refractivity contribution < 1.29 is 19.0 Å². The number of hydrogen-bond donors (Lipinski definition) is 2.